The Kier molecular flexibility index (Phi) is 2.94. The predicted molar refractivity (Wildman–Crippen MR) is 88.4 cm³/mol. The summed E-state index contributed by atoms with van der Waals surface area (Å²) in [5, 5.41) is 2.14. The van der Waals surface area contributed by atoms with Crippen LogP contribution in [0.1, 0.15) is 5.56 Å². The number of aromatic nitrogens is 2. The van der Waals surface area contributed by atoms with Crippen LogP contribution in [0.5, 0.6) is 0 Å². The molecule has 0 amide bonds. The third kappa shape index (κ3) is 1.91. The molecule has 0 fully saturated rings. The molecule has 0 aliphatic carbocycles. The fraction of sp³-hybridized carbons (Fsp3) is 0.111. The molecule has 0 unspecified atom stereocenters. The lowest BCUT2D eigenvalue weighted by Gasteiger charge is -2.05. The van der Waals surface area contributed by atoms with Gasteiger partial charge in [-0.3, -0.25) is 0 Å². The monoisotopic (exact) mass is 309 g/mol. The van der Waals surface area contributed by atoms with Crippen LogP contribution in [0.4, 0.5) is 4.39 Å². The van der Waals surface area contributed by atoms with E-state index in [1.165, 1.54) is 17.2 Å². The SMILES string of the molecule is Cc1ccccc1-c1c2sc3nc(F)ccc3c2cc[n+]1C. The lowest BCUT2D eigenvalue weighted by Crippen LogP contribution is -2.30. The Morgan fingerprint density at radius 1 is 1.05 bits per heavy atom. The molecule has 0 aliphatic rings. The van der Waals surface area contributed by atoms with Gasteiger partial charge in [-0.25, -0.2) is 4.98 Å². The number of rotatable bonds is 1. The maximum absolute atomic E-state index is 13.4. The largest absolute Gasteiger partial charge is 0.230 e. The van der Waals surface area contributed by atoms with Crippen molar-refractivity contribution in [3.63, 3.8) is 0 Å². The molecule has 3 heterocycles. The molecule has 0 radical (unpaired) electrons. The van der Waals surface area contributed by atoms with Crippen molar-refractivity contribution in [2.45, 2.75) is 6.92 Å². The van der Waals surface area contributed by atoms with Gasteiger partial charge in [0.25, 0.3) is 0 Å². The van der Waals surface area contributed by atoms with E-state index in [0.717, 1.165) is 26.0 Å². The number of thiophene rings is 1. The summed E-state index contributed by atoms with van der Waals surface area (Å²) >= 11 is 1.55. The van der Waals surface area contributed by atoms with Crippen molar-refractivity contribution in [3.8, 4) is 11.3 Å². The van der Waals surface area contributed by atoms with Crippen LogP contribution in [0.25, 0.3) is 31.6 Å². The van der Waals surface area contributed by atoms with Gasteiger partial charge in [-0.1, -0.05) is 18.2 Å². The summed E-state index contributed by atoms with van der Waals surface area (Å²) in [6, 6.07) is 13.7. The molecule has 4 rings (SSSR count). The minimum atomic E-state index is -0.430. The summed E-state index contributed by atoms with van der Waals surface area (Å²) in [5.74, 6) is -0.430. The summed E-state index contributed by atoms with van der Waals surface area (Å²) in [4.78, 5) is 4.79. The number of aryl methyl sites for hydroxylation is 2. The van der Waals surface area contributed by atoms with E-state index in [9.17, 15) is 4.39 Å². The van der Waals surface area contributed by atoms with Crippen molar-refractivity contribution >= 4 is 31.6 Å². The predicted octanol–water partition coefficient (Wildman–Crippen LogP) is 4.39. The van der Waals surface area contributed by atoms with Crippen molar-refractivity contribution < 1.29 is 8.96 Å². The molecule has 4 heteroatoms. The second kappa shape index (κ2) is 4.85. The van der Waals surface area contributed by atoms with Crippen LogP contribution >= 0.6 is 11.3 Å². The number of fused-ring (bicyclic) bond motifs is 3. The van der Waals surface area contributed by atoms with Crippen molar-refractivity contribution in [2.75, 3.05) is 0 Å². The molecule has 0 atom stereocenters. The van der Waals surface area contributed by atoms with Crippen molar-refractivity contribution in [1.29, 1.82) is 0 Å². The number of halogens is 1. The third-order valence-electron chi connectivity index (χ3n) is 3.99. The van der Waals surface area contributed by atoms with Gasteiger partial charge in [-0.05, 0) is 30.7 Å². The lowest BCUT2D eigenvalue weighted by atomic mass is 10.0. The quantitative estimate of drug-likeness (QED) is 0.376. The highest BCUT2D eigenvalue weighted by atomic mass is 32.1. The molecule has 0 spiro atoms. The van der Waals surface area contributed by atoms with Crippen molar-refractivity contribution in [2.24, 2.45) is 7.05 Å². The Balaban J connectivity index is 2.16. The van der Waals surface area contributed by atoms with Gasteiger partial charge in [0.2, 0.25) is 11.6 Å². The molecule has 0 bridgehead atoms. The van der Waals surface area contributed by atoms with E-state index < -0.39 is 5.95 Å². The molecule has 108 valence electrons. The summed E-state index contributed by atoms with van der Waals surface area (Å²) in [5.41, 5.74) is 3.57. The first-order valence-electron chi connectivity index (χ1n) is 7.08. The number of pyridine rings is 2. The third-order valence-corrected chi connectivity index (χ3v) is 5.11. The van der Waals surface area contributed by atoms with Crippen LogP contribution in [-0.2, 0) is 7.05 Å². The van der Waals surface area contributed by atoms with Crippen LogP contribution in [0.3, 0.4) is 0 Å². The topological polar surface area (TPSA) is 16.8 Å². The zero-order chi connectivity index (χ0) is 15.3. The second-order valence-corrected chi connectivity index (χ2v) is 6.42. The van der Waals surface area contributed by atoms with Gasteiger partial charge in [0.05, 0.1) is 5.56 Å². The minimum Gasteiger partial charge on any atom is -0.209 e. The Morgan fingerprint density at radius 2 is 1.86 bits per heavy atom. The van der Waals surface area contributed by atoms with Crippen LogP contribution in [-0.4, -0.2) is 4.98 Å². The van der Waals surface area contributed by atoms with Gasteiger partial charge >= 0.3 is 0 Å². The van der Waals surface area contributed by atoms with Gasteiger partial charge in [-0.15, -0.1) is 11.3 Å². The lowest BCUT2D eigenvalue weighted by molar-refractivity contribution is -0.659. The first kappa shape index (κ1) is 13.3. The molecule has 3 aromatic heterocycles. The maximum atomic E-state index is 13.4. The highest BCUT2D eigenvalue weighted by Gasteiger charge is 2.20. The summed E-state index contributed by atoms with van der Waals surface area (Å²) in [6.45, 7) is 2.11. The maximum Gasteiger partial charge on any atom is 0.230 e. The number of benzene rings is 1. The first-order valence-corrected chi connectivity index (χ1v) is 7.90. The summed E-state index contributed by atoms with van der Waals surface area (Å²) < 4.78 is 16.7. The fourth-order valence-electron chi connectivity index (χ4n) is 2.89. The Hall–Kier alpha value is -2.33. The molecule has 22 heavy (non-hydrogen) atoms. The van der Waals surface area contributed by atoms with E-state index in [1.807, 2.05) is 25.2 Å². The molecular formula is C18H14FN2S+. The van der Waals surface area contributed by atoms with Crippen LogP contribution in [0.2, 0.25) is 0 Å². The molecular weight excluding hydrogens is 295 g/mol. The van der Waals surface area contributed by atoms with Gasteiger partial charge < -0.3 is 0 Å². The minimum absolute atomic E-state index is 0.430. The highest BCUT2D eigenvalue weighted by Crippen LogP contribution is 2.37. The molecule has 4 aromatic rings. The average Bonchev–Trinajstić information content (AvgIpc) is 2.85. The number of hydrogen-bond acceptors (Lipinski definition) is 2. The molecule has 1 aromatic carbocycles. The van der Waals surface area contributed by atoms with E-state index in [-0.39, 0.29) is 0 Å². The van der Waals surface area contributed by atoms with Crippen molar-refractivity contribution in [1.82, 2.24) is 4.98 Å². The van der Waals surface area contributed by atoms with E-state index in [1.54, 1.807) is 11.3 Å². The van der Waals surface area contributed by atoms with Gasteiger partial charge in [0.15, 0.2) is 6.20 Å². The zero-order valence-corrected chi connectivity index (χ0v) is 13.1. The number of nitrogens with zero attached hydrogens (tertiary/aromatic N) is 2. The van der Waals surface area contributed by atoms with E-state index in [2.05, 4.69) is 40.9 Å². The fourth-order valence-corrected chi connectivity index (χ4v) is 4.14. The Labute approximate surface area is 131 Å². The van der Waals surface area contributed by atoms with Gasteiger partial charge in [0.1, 0.15) is 16.6 Å². The highest BCUT2D eigenvalue weighted by molar-refractivity contribution is 7.25. The van der Waals surface area contributed by atoms with Crippen molar-refractivity contribution in [3.05, 3.63) is 60.2 Å². The van der Waals surface area contributed by atoms with Gasteiger partial charge in [0, 0.05) is 16.8 Å². The molecule has 0 saturated carbocycles. The first-order chi connectivity index (χ1) is 10.6. The van der Waals surface area contributed by atoms with E-state index in [0.29, 0.717) is 0 Å². The summed E-state index contributed by atoms with van der Waals surface area (Å²) in [7, 11) is 2.04. The molecule has 0 saturated heterocycles. The molecule has 2 nitrogen and oxygen atoms in total. The van der Waals surface area contributed by atoms with Crippen LogP contribution in [0, 0.1) is 12.9 Å². The molecule has 0 N–H and O–H groups in total. The normalized spacial score (nSPS) is 11.4. The Bertz CT molecular complexity index is 1020. The smallest absolute Gasteiger partial charge is 0.209 e. The molecule has 0 aliphatic heterocycles. The van der Waals surface area contributed by atoms with Crippen LogP contribution < -0.4 is 4.57 Å². The van der Waals surface area contributed by atoms with E-state index >= 15 is 0 Å². The number of hydrogen-bond donors (Lipinski definition) is 0. The average molecular weight is 309 g/mol. The second-order valence-electron chi connectivity index (χ2n) is 5.42. The van der Waals surface area contributed by atoms with E-state index in [4.69, 9.17) is 0 Å². The summed E-state index contributed by atoms with van der Waals surface area (Å²) in [6.07, 6.45) is 2.06. The van der Waals surface area contributed by atoms with Gasteiger partial charge in [-0.2, -0.15) is 8.96 Å². The van der Waals surface area contributed by atoms with Crippen LogP contribution in [0.15, 0.2) is 48.7 Å². The Morgan fingerprint density at radius 3 is 2.68 bits per heavy atom. The zero-order valence-electron chi connectivity index (χ0n) is 12.3. The standard InChI is InChI=1S/C18H14FN2S/c1-11-5-3-4-6-12(11)16-17-13(9-10-21(16)2)14-7-8-15(19)20-18(14)22-17/h3-10H,1-2H3/q+1.